The molecule has 0 saturated carbocycles. The minimum atomic E-state index is -0.379. The molecule has 0 fully saturated rings. The van der Waals surface area contributed by atoms with Crippen LogP contribution in [0.1, 0.15) is 12.5 Å². The highest BCUT2D eigenvalue weighted by molar-refractivity contribution is 6.33. The SMILES string of the molecule is Cc1ccc(NC(=O)C(C)Nc2ccccc2Cl)cc1. The predicted octanol–water partition coefficient (Wildman–Crippen LogP) is 4.09. The van der Waals surface area contributed by atoms with Crippen LogP contribution in [-0.2, 0) is 4.79 Å². The molecule has 104 valence electrons. The molecule has 1 amide bonds. The van der Waals surface area contributed by atoms with Crippen molar-refractivity contribution in [3.63, 3.8) is 0 Å². The van der Waals surface area contributed by atoms with E-state index in [1.54, 1.807) is 13.0 Å². The fraction of sp³-hybridized carbons (Fsp3) is 0.188. The summed E-state index contributed by atoms with van der Waals surface area (Å²) < 4.78 is 0. The number of hydrogen-bond donors (Lipinski definition) is 2. The van der Waals surface area contributed by atoms with Crippen LogP contribution in [-0.4, -0.2) is 11.9 Å². The van der Waals surface area contributed by atoms with Crippen LogP contribution < -0.4 is 10.6 Å². The summed E-state index contributed by atoms with van der Waals surface area (Å²) in [6, 6.07) is 14.7. The molecule has 2 rings (SSSR count). The molecule has 0 aliphatic rings. The Morgan fingerprint density at radius 2 is 1.75 bits per heavy atom. The molecule has 0 bridgehead atoms. The van der Waals surface area contributed by atoms with Gasteiger partial charge in [0.1, 0.15) is 6.04 Å². The molecule has 2 N–H and O–H groups in total. The number of halogens is 1. The topological polar surface area (TPSA) is 41.1 Å². The molecule has 0 heterocycles. The molecule has 3 nitrogen and oxygen atoms in total. The van der Waals surface area contributed by atoms with Crippen molar-refractivity contribution in [1.82, 2.24) is 0 Å². The minimum Gasteiger partial charge on any atom is -0.373 e. The first-order valence-corrected chi connectivity index (χ1v) is 6.82. The number of nitrogens with one attached hydrogen (secondary N) is 2. The van der Waals surface area contributed by atoms with Gasteiger partial charge >= 0.3 is 0 Å². The second-order valence-corrected chi connectivity index (χ2v) is 5.11. The van der Waals surface area contributed by atoms with Crippen LogP contribution in [0.5, 0.6) is 0 Å². The Labute approximate surface area is 124 Å². The predicted molar refractivity (Wildman–Crippen MR) is 84.3 cm³/mol. The molecule has 20 heavy (non-hydrogen) atoms. The lowest BCUT2D eigenvalue weighted by Crippen LogP contribution is -2.31. The zero-order valence-corrected chi connectivity index (χ0v) is 12.2. The van der Waals surface area contributed by atoms with Gasteiger partial charge in [-0.15, -0.1) is 0 Å². The van der Waals surface area contributed by atoms with Gasteiger partial charge in [-0.2, -0.15) is 0 Å². The Morgan fingerprint density at radius 1 is 1.10 bits per heavy atom. The lowest BCUT2D eigenvalue weighted by atomic mass is 10.2. The molecule has 1 unspecified atom stereocenters. The number of rotatable bonds is 4. The highest BCUT2D eigenvalue weighted by atomic mass is 35.5. The lowest BCUT2D eigenvalue weighted by Gasteiger charge is -2.16. The number of anilines is 2. The Hall–Kier alpha value is -2.00. The first-order valence-electron chi connectivity index (χ1n) is 6.45. The van der Waals surface area contributed by atoms with Gasteiger partial charge in [-0.1, -0.05) is 41.4 Å². The van der Waals surface area contributed by atoms with Gasteiger partial charge < -0.3 is 10.6 Å². The number of benzene rings is 2. The van der Waals surface area contributed by atoms with E-state index < -0.39 is 0 Å². The number of carbonyl (C=O) groups excluding carboxylic acids is 1. The van der Waals surface area contributed by atoms with Gasteiger partial charge in [-0.05, 0) is 38.1 Å². The largest absolute Gasteiger partial charge is 0.373 e. The zero-order chi connectivity index (χ0) is 14.5. The normalized spacial score (nSPS) is 11.8. The number of aryl methyl sites for hydroxylation is 1. The standard InChI is InChI=1S/C16H17ClN2O/c1-11-7-9-13(10-8-11)19-16(20)12(2)18-15-6-4-3-5-14(15)17/h3-10,12,18H,1-2H3,(H,19,20). The highest BCUT2D eigenvalue weighted by Gasteiger charge is 2.13. The van der Waals surface area contributed by atoms with Crippen LogP contribution in [0.2, 0.25) is 5.02 Å². The van der Waals surface area contributed by atoms with Gasteiger partial charge in [-0.3, -0.25) is 4.79 Å². The van der Waals surface area contributed by atoms with Crippen molar-refractivity contribution in [1.29, 1.82) is 0 Å². The molecule has 0 aromatic heterocycles. The molecular weight excluding hydrogens is 272 g/mol. The first-order chi connectivity index (χ1) is 9.56. The van der Waals surface area contributed by atoms with Gasteiger partial charge in [0, 0.05) is 5.69 Å². The van der Waals surface area contributed by atoms with E-state index >= 15 is 0 Å². The van der Waals surface area contributed by atoms with E-state index in [0.29, 0.717) is 5.02 Å². The van der Waals surface area contributed by atoms with Crippen molar-refractivity contribution < 1.29 is 4.79 Å². The fourth-order valence-electron chi connectivity index (χ4n) is 1.76. The Kier molecular flexibility index (Phi) is 4.64. The van der Waals surface area contributed by atoms with E-state index in [4.69, 9.17) is 11.6 Å². The van der Waals surface area contributed by atoms with Crippen LogP contribution in [0.4, 0.5) is 11.4 Å². The van der Waals surface area contributed by atoms with Crippen LogP contribution in [0.15, 0.2) is 48.5 Å². The maximum atomic E-state index is 12.1. The van der Waals surface area contributed by atoms with Gasteiger partial charge in [0.15, 0.2) is 0 Å². The smallest absolute Gasteiger partial charge is 0.246 e. The molecule has 0 saturated heterocycles. The average molecular weight is 289 g/mol. The van der Waals surface area contributed by atoms with Crippen molar-refractivity contribution in [3.8, 4) is 0 Å². The second-order valence-electron chi connectivity index (χ2n) is 4.70. The van der Waals surface area contributed by atoms with Crippen LogP contribution in [0.25, 0.3) is 0 Å². The molecule has 0 aliphatic carbocycles. The Morgan fingerprint density at radius 3 is 2.40 bits per heavy atom. The van der Waals surface area contributed by atoms with E-state index in [1.807, 2.05) is 49.4 Å². The third-order valence-electron chi connectivity index (χ3n) is 2.96. The summed E-state index contributed by atoms with van der Waals surface area (Å²) in [5.74, 6) is -0.103. The zero-order valence-electron chi connectivity index (χ0n) is 11.5. The molecular formula is C16H17ClN2O. The van der Waals surface area contributed by atoms with Gasteiger partial charge in [0.25, 0.3) is 0 Å². The summed E-state index contributed by atoms with van der Waals surface area (Å²) in [6.07, 6.45) is 0. The van der Waals surface area contributed by atoms with Crippen molar-refractivity contribution in [2.24, 2.45) is 0 Å². The molecule has 4 heteroatoms. The molecule has 2 aromatic rings. The van der Waals surface area contributed by atoms with Crippen molar-refractivity contribution >= 4 is 28.9 Å². The van der Waals surface area contributed by atoms with E-state index in [9.17, 15) is 4.79 Å². The van der Waals surface area contributed by atoms with E-state index in [0.717, 1.165) is 16.9 Å². The molecule has 1 atom stereocenters. The third kappa shape index (κ3) is 3.75. The quantitative estimate of drug-likeness (QED) is 0.890. The summed E-state index contributed by atoms with van der Waals surface area (Å²) >= 11 is 6.06. The van der Waals surface area contributed by atoms with Crippen molar-refractivity contribution in [3.05, 3.63) is 59.1 Å². The van der Waals surface area contributed by atoms with Crippen LogP contribution in [0, 0.1) is 6.92 Å². The minimum absolute atomic E-state index is 0.103. The van der Waals surface area contributed by atoms with Gasteiger partial charge in [0.2, 0.25) is 5.91 Å². The first kappa shape index (κ1) is 14.4. The molecule has 2 aromatic carbocycles. The third-order valence-corrected chi connectivity index (χ3v) is 3.29. The Bertz CT molecular complexity index is 596. The summed E-state index contributed by atoms with van der Waals surface area (Å²) in [4.78, 5) is 12.1. The summed E-state index contributed by atoms with van der Waals surface area (Å²) in [5.41, 5.74) is 2.69. The maximum absolute atomic E-state index is 12.1. The summed E-state index contributed by atoms with van der Waals surface area (Å²) in [6.45, 7) is 3.81. The molecule has 0 spiro atoms. The summed E-state index contributed by atoms with van der Waals surface area (Å²) in [7, 11) is 0. The van der Waals surface area contributed by atoms with Crippen molar-refractivity contribution in [2.45, 2.75) is 19.9 Å². The van der Waals surface area contributed by atoms with Gasteiger partial charge in [-0.25, -0.2) is 0 Å². The van der Waals surface area contributed by atoms with E-state index in [1.165, 1.54) is 0 Å². The monoisotopic (exact) mass is 288 g/mol. The molecule has 0 aliphatic heterocycles. The number of amides is 1. The van der Waals surface area contributed by atoms with Crippen LogP contribution in [0.3, 0.4) is 0 Å². The highest BCUT2D eigenvalue weighted by Crippen LogP contribution is 2.21. The van der Waals surface area contributed by atoms with Gasteiger partial charge in [0.05, 0.1) is 10.7 Å². The number of para-hydroxylation sites is 1. The summed E-state index contributed by atoms with van der Waals surface area (Å²) in [5, 5.41) is 6.56. The van der Waals surface area contributed by atoms with E-state index in [-0.39, 0.29) is 11.9 Å². The average Bonchev–Trinajstić information content (AvgIpc) is 2.44. The van der Waals surface area contributed by atoms with Crippen LogP contribution >= 0.6 is 11.6 Å². The maximum Gasteiger partial charge on any atom is 0.246 e. The fourth-order valence-corrected chi connectivity index (χ4v) is 1.95. The number of carbonyl (C=O) groups is 1. The van der Waals surface area contributed by atoms with Crippen molar-refractivity contribution in [2.75, 3.05) is 10.6 Å². The lowest BCUT2D eigenvalue weighted by molar-refractivity contribution is -0.116. The molecule has 0 radical (unpaired) electrons. The second kappa shape index (κ2) is 6.44. The van der Waals surface area contributed by atoms with E-state index in [2.05, 4.69) is 10.6 Å². The Balaban J connectivity index is 1.99. The number of hydrogen-bond acceptors (Lipinski definition) is 2.